The fourth-order valence-electron chi connectivity index (χ4n) is 9.86. The summed E-state index contributed by atoms with van der Waals surface area (Å²) >= 11 is 0. The standard InChI is InChI=1S/C35H58O5/c1-8-10-31(37)39-25-16-18-34(6)24(20-25)13-14-26-27(34)17-19-35(7)28(26)21-30(40-32(38)11-9-2)33(35)23(5)29(36)15-12-22(3)4/h22,24-30,33,36H,5,8-21H2,1-4,6-7H3/t24-,25-,26+,27-,28-,29-,30-,33-,34-,35-/m0/s1. The van der Waals surface area contributed by atoms with E-state index in [1.165, 1.54) is 19.3 Å². The highest BCUT2D eigenvalue weighted by molar-refractivity contribution is 5.70. The lowest BCUT2D eigenvalue weighted by molar-refractivity contribution is -0.162. The first kappa shape index (κ1) is 31.6. The van der Waals surface area contributed by atoms with Crippen molar-refractivity contribution in [3.63, 3.8) is 0 Å². The molecule has 4 rings (SSSR count). The molecule has 1 N–H and O–H groups in total. The van der Waals surface area contributed by atoms with Gasteiger partial charge in [0, 0.05) is 18.8 Å². The first-order valence-corrected chi connectivity index (χ1v) is 16.7. The van der Waals surface area contributed by atoms with Crippen molar-refractivity contribution in [3.05, 3.63) is 12.2 Å². The highest BCUT2D eigenvalue weighted by Gasteiger charge is 2.63. The van der Waals surface area contributed by atoms with Gasteiger partial charge >= 0.3 is 11.9 Å². The maximum atomic E-state index is 12.8. The summed E-state index contributed by atoms with van der Waals surface area (Å²) in [4.78, 5) is 25.0. The van der Waals surface area contributed by atoms with Gasteiger partial charge in [0.1, 0.15) is 12.2 Å². The molecule has 0 heterocycles. The van der Waals surface area contributed by atoms with Gasteiger partial charge in [-0.15, -0.1) is 0 Å². The van der Waals surface area contributed by atoms with Gasteiger partial charge < -0.3 is 14.6 Å². The van der Waals surface area contributed by atoms with Gasteiger partial charge in [-0.3, -0.25) is 9.59 Å². The lowest BCUT2D eigenvalue weighted by Gasteiger charge is -2.61. The Balaban J connectivity index is 1.54. The topological polar surface area (TPSA) is 72.8 Å². The first-order valence-electron chi connectivity index (χ1n) is 16.7. The van der Waals surface area contributed by atoms with Gasteiger partial charge in [0.05, 0.1) is 6.10 Å². The van der Waals surface area contributed by atoms with Gasteiger partial charge in [-0.25, -0.2) is 0 Å². The second-order valence-corrected chi connectivity index (χ2v) is 14.9. The molecule has 10 atom stereocenters. The molecule has 40 heavy (non-hydrogen) atoms. The predicted molar refractivity (Wildman–Crippen MR) is 159 cm³/mol. The lowest BCUT2D eigenvalue weighted by atomic mass is 9.44. The number of aliphatic hydroxyl groups excluding tert-OH is 1. The summed E-state index contributed by atoms with van der Waals surface area (Å²) in [5.41, 5.74) is 1.16. The van der Waals surface area contributed by atoms with E-state index in [1.807, 2.05) is 13.8 Å². The van der Waals surface area contributed by atoms with Crippen molar-refractivity contribution in [1.82, 2.24) is 0 Å². The first-order chi connectivity index (χ1) is 18.9. The molecular formula is C35H58O5. The zero-order chi connectivity index (χ0) is 29.2. The zero-order valence-electron chi connectivity index (χ0n) is 26.4. The summed E-state index contributed by atoms with van der Waals surface area (Å²) in [6.07, 6.45) is 12.3. The Bertz CT molecular complexity index is 911. The van der Waals surface area contributed by atoms with Gasteiger partial charge in [-0.2, -0.15) is 0 Å². The molecule has 228 valence electrons. The van der Waals surface area contributed by atoms with Crippen LogP contribution in [0.25, 0.3) is 0 Å². The van der Waals surface area contributed by atoms with Crippen molar-refractivity contribution in [3.8, 4) is 0 Å². The Labute approximate surface area is 244 Å². The van der Waals surface area contributed by atoms with E-state index in [-0.39, 0.29) is 40.9 Å². The minimum atomic E-state index is -0.549. The smallest absolute Gasteiger partial charge is 0.306 e. The highest BCUT2D eigenvalue weighted by atomic mass is 16.5. The average Bonchev–Trinajstić information content (AvgIpc) is 3.18. The lowest BCUT2D eigenvalue weighted by Crippen LogP contribution is -2.54. The van der Waals surface area contributed by atoms with Crippen LogP contribution >= 0.6 is 0 Å². The van der Waals surface area contributed by atoms with E-state index in [2.05, 4.69) is 34.3 Å². The van der Waals surface area contributed by atoms with E-state index in [4.69, 9.17) is 9.47 Å². The fraction of sp³-hybridized carbons (Fsp3) is 0.886. The number of carbonyl (C=O) groups is 2. The second-order valence-electron chi connectivity index (χ2n) is 14.9. The van der Waals surface area contributed by atoms with Crippen LogP contribution in [-0.4, -0.2) is 35.4 Å². The Kier molecular flexibility index (Phi) is 10.2. The van der Waals surface area contributed by atoms with Gasteiger partial charge in [0.15, 0.2) is 0 Å². The van der Waals surface area contributed by atoms with Crippen molar-refractivity contribution in [2.24, 2.45) is 46.3 Å². The third kappa shape index (κ3) is 6.20. The SMILES string of the molecule is C=C([C@@H](O)CCC(C)C)[C@H]1[C@@H](OC(=O)CCC)C[C@H]2[C@@H]3CC[C@H]4C[C@@H](OC(=O)CCC)CC[C@]4(C)[C@H]3CC[C@@]21C. The third-order valence-electron chi connectivity index (χ3n) is 12.0. The number of rotatable bonds is 11. The fourth-order valence-corrected chi connectivity index (χ4v) is 9.86. The minimum Gasteiger partial charge on any atom is -0.462 e. The van der Waals surface area contributed by atoms with E-state index in [9.17, 15) is 14.7 Å². The summed E-state index contributed by atoms with van der Waals surface area (Å²) in [7, 11) is 0. The van der Waals surface area contributed by atoms with Crippen molar-refractivity contribution in [1.29, 1.82) is 0 Å². The second kappa shape index (κ2) is 12.9. The van der Waals surface area contributed by atoms with E-state index >= 15 is 0 Å². The number of hydrogen-bond acceptors (Lipinski definition) is 5. The minimum absolute atomic E-state index is 0.00962. The van der Waals surface area contributed by atoms with Gasteiger partial charge in [-0.05, 0) is 123 Å². The van der Waals surface area contributed by atoms with Gasteiger partial charge in [0.25, 0.3) is 0 Å². The zero-order valence-corrected chi connectivity index (χ0v) is 26.4. The van der Waals surface area contributed by atoms with Crippen LogP contribution < -0.4 is 0 Å². The molecule has 0 spiro atoms. The van der Waals surface area contributed by atoms with E-state index in [0.29, 0.717) is 42.4 Å². The number of esters is 2. The molecular weight excluding hydrogens is 500 g/mol. The third-order valence-corrected chi connectivity index (χ3v) is 12.0. The van der Waals surface area contributed by atoms with E-state index in [1.54, 1.807) is 0 Å². The maximum Gasteiger partial charge on any atom is 0.306 e. The van der Waals surface area contributed by atoms with Gasteiger partial charge in [0.2, 0.25) is 0 Å². The van der Waals surface area contributed by atoms with Crippen LogP contribution in [0, 0.1) is 46.3 Å². The molecule has 4 saturated carbocycles. The molecule has 0 radical (unpaired) electrons. The molecule has 0 aromatic heterocycles. The molecule has 4 aliphatic carbocycles. The highest BCUT2D eigenvalue weighted by Crippen LogP contribution is 2.68. The maximum absolute atomic E-state index is 12.8. The van der Waals surface area contributed by atoms with Crippen LogP contribution in [0.4, 0.5) is 0 Å². The van der Waals surface area contributed by atoms with Crippen molar-refractivity contribution in [2.45, 2.75) is 150 Å². The van der Waals surface area contributed by atoms with Crippen LogP contribution in [0.15, 0.2) is 12.2 Å². The molecule has 0 unspecified atom stereocenters. The summed E-state index contributed by atoms with van der Waals surface area (Å²) in [6, 6.07) is 0. The molecule has 0 aliphatic heterocycles. The number of aliphatic hydroxyl groups is 1. The molecule has 4 aliphatic rings. The van der Waals surface area contributed by atoms with E-state index < -0.39 is 6.10 Å². The predicted octanol–water partition coefficient (Wildman–Crippen LogP) is 8.03. The Hall–Kier alpha value is -1.36. The summed E-state index contributed by atoms with van der Waals surface area (Å²) < 4.78 is 12.1. The van der Waals surface area contributed by atoms with Crippen molar-refractivity contribution >= 4 is 11.9 Å². The summed E-state index contributed by atoms with van der Waals surface area (Å²) in [5, 5.41) is 11.3. The average molecular weight is 559 g/mol. The molecule has 0 aromatic rings. The number of ether oxygens (including phenoxy) is 2. The normalized spacial score (nSPS) is 39.5. The summed E-state index contributed by atoms with van der Waals surface area (Å²) in [6.45, 7) is 17.9. The molecule has 5 nitrogen and oxygen atoms in total. The Morgan fingerprint density at radius 1 is 0.875 bits per heavy atom. The summed E-state index contributed by atoms with van der Waals surface area (Å²) in [5.74, 6) is 2.75. The number of fused-ring (bicyclic) bond motifs is 5. The quantitative estimate of drug-likeness (QED) is 0.205. The van der Waals surface area contributed by atoms with Crippen molar-refractivity contribution < 1.29 is 24.2 Å². The Morgan fingerprint density at radius 3 is 2.17 bits per heavy atom. The molecule has 0 bridgehead atoms. The molecule has 0 aromatic carbocycles. The van der Waals surface area contributed by atoms with Crippen LogP contribution in [-0.2, 0) is 19.1 Å². The molecule has 0 saturated heterocycles. The molecule has 5 heteroatoms. The van der Waals surface area contributed by atoms with Gasteiger partial charge in [-0.1, -0.05) is 48.1 Å². The molecule has 4 fully saturated rings. The largest absolute Gasteiger partial charge is 0.462 e. The van der Waals surface area contributed by atoms with Crippen LogP contribution in [0.1, 0.15) is 131 Å². The van der Waals surface area contributed by atoms with E-state index in [0.717, 1.165) is 63.4 Å². The monoisotopic (exact) mass is 558 g/mol. The van der Waals surface area contributed by atoms with Crippen molar-refractivity contribution in [2.75, 3.05) is 0 Å². The number of hydrogen-bond donors (Lipinski definition) is 1. The Morgan fingerprint density at radius 2 is 1.52 bits per heavy atom. The van der Waals surface area contributed by atoms with Crippen LogP contribution in [0.5, 0.6) is 0 Å². The van der Waals surface area contributed by atoms with Crippen LogP contribution in [0.2, 0.25) is 0 Å². The van der Waals surface area contributed by atoms with Crippen LogP contribution in [0.3, 0.4) is 0 Å². The molecule has 0 amide bonds. The number of carbonyl (C=O) groups excluding carboxylic acids is 2.